The van der Waals surface area contributed by atoms with Crippen LogP contribution in [-0.2, 0) is 33.6 Å². The van der Waals surface area contributed by atoms with E-state index in [0.29, 0.717) is 0 Å². The Hall–Kier alpha value is -1.52. The van der Waals surface area contributed by atoms with Crippen molar-refractivity contribution < 1.29 is 27.2 Å². The Balaban J connectivity index is 3.46. The molecule has 1 rings (SSSR count). The van der Waals surface area contributed by atoms with E-state index in [1.54, 1.807) is 0 Å². The third-order valence-corrected chi connectivity index (χ3v) is 9.32. The Bertz CT molecular complexity index is 698. The number of hydrogen-bond donors (Lipinski definition) is 0. The van der Waals surface area contributed by atoms with Crippen LogP contribution in [0.1, 0.15) is 11.1 Å². The summed E-state index contributed by atoms with van der Waals surface area (Å²) >= 11 is 0. The summed E-state index contributed by atoms with van der Waals surface area (Å²) in [5, 5.41) is -1.20. The Morgan fingerprint density at radius 3 is 1.41 bits per heavy atom. The Labute approximate surface area is 174 Å². The fraction of sp³-hybridized carbons (Fsp3) is 0.333. The number of benzene rings is 1. The topological polar surface area (TPSA) is 71.1 Å². The van der Waals surface area contributed by atoms with Gasteiger partial charge in [0.2, 0.25) is 0 Å². The maximum Gasteiger partial charge on any atom is 0.346 e. The van der Waals surface area contributed by atoms with Crippen LogP contribution < -0.4 is 0 Å². The maximum atomic E-state index is 13.8. The monoisotopic (exact) mass is 440 g/mol. The lowest BCUT2D eigenvalue weighted by Crippen LogP contribution is -2.20. The molecule has 0 bridgehead atoms. The molecule has 1 aromatic rings. The van der Waals surface area contributed by atoms with Crippen LogP contribution in [0.2, 0.25) is 0 Å². The molecule has 0 radical (unpaired) electrons. The standard InChI is InChI=1S/C21H30O6P2/c1-6-14-24-28(22,25-15-7-2)21(18-20-12-10-19(5)11-13-20)29(23,26-16-8-3)27-17-9-4/h6-13,21H,1-4,14-18H2,5H3. The van der Waals surface area contributed by atoms with Crippen molar-refractivity contribution in [3.05, 3.63) is 86.0 Å². The second kappa shape index (κ2) is 12.9. The van der Waals surface area contributed by atoms with Gasteiger partial charge in [0.05, 0.1) is 26.4 Å². The molecule has 0 spiro atoms. The van der Waals surface area contributed by atoms with Gasteiger partial charge >= 0.3 is 15.2 Å². The highest BCUT2D eigenvalue weighted by atomic mass is 31.2. The molecular weight excluding hydrogens is 410 g/mol. The van der Waals surface area contributed by atoms with Crippen molar-refractivity contribution in [1.82, 2.24) is 0 Å². The van der Waals surface area contributed by atoms with Crippen molar-refractivity contribution in [2.24, 2.45) is 0 Å². The van der Waals surface area contributed by atoms with Gasteiger partial charge < -0.3 is 18.1 Å². The Morgan fingerprint density at radius 2 is 1.10 bits per heavy atom. The molecule has 8 heteroatoms. The van der Waals surface area contributed by atoms with E-state index >= 15 is 0 Å². The lowest BCUT2D eigenvalue weighted by molar-refractivity contribution is 0.210. The molecule has 0 aromatic heterocycles. The minimum absolute atomic E-state index is 0.0538. The van der Waals surface area contributed by atoms with Crippen molar-refractivity contribution in [2.45, 2.75) is 18.7 Å². The van der Waals surface area contributed by atoms with Gasteiger partial charge in [0.1, 0.15) is 0 Å². The van der Waals surface area contributed by atoms with Gasteiger partial charge in [-0.3, -0.25) is 9.13 Å². The minimum Gasteiger partial charge on any atom is -0.304 e. The van der Waals surface area contributed by atoms with Crippen LogP contribution in [-0.4, -0.2) is 31.8 Å². The van der Waals surface area contributed by atoms with Crippen LogP contribution in [0.4, 0.5) is 0 Å². The summed E-state index contributed by atoms with van der Waals surface area (Å²) in [6.45, 7) is 16.1. The van der Waals surface area contributed by atoms with Gasteiger partial charge in [-0.05, 0) is 18.9 Å². The van der Waals surface area contributed by atoms with E-state index in [2.05, 4.69) is 26.3 Å². The molecule has 6 nitrogen and oxygen atoms in total. The van der Waals surface area contributed by atoms with Crippen molar-refractivity contribution >= 4 is 15.2 Å². The van der Waals surface area contributed by atoms with Crippen LogP contribution in [0.5, 0.6) is 0 Å². The van der Waals surface area contributed by atoms with E-state index in [0.717, 1.165) is 11.1 Å². The van der Waals surface area contributed by atoms with Gasteiger partial charge in [-0.2, -0.15) is 0 Å². The molecule has 29 heavy (non-hydrogen) atoms. The molecule has 0 fully saturated rings. The molecule has 0 aliphatic heterocycles. The predicted molar refractivity (Wildman–Crippen MR) is 118 cm³/mol. The lowest BCUT2D eigenvalue weighted by Gasteiger charge is -2.31. The predicted octanol–water partition coefficient (Wildman–Crippen LogP) is 6.06. The highest BCUT2D eigenvalue weighted by molar-refractivity contribution is 7.72. The Morgan fingerprint density at radius 1 is 0.759 bits per heavy atom. The maximum absolute atomic E-state index is 13.8. The van der Waals surface area contributed by atoms with Gasteiger partial charge in [-0.15, -0.1) is 26.3 Å². The smallest absolute Gasteiger partial charge is 0.304 e. The first-order valence-corrected chi connectivity index (χ1v) is 12.3. The number of hydrogen-bond acceptors (Lipinski definition) is 6. The van der Waals surface area contributed by atoms with Crippen LogP contribution >= 0.6 is 15.2 Å². The highest BCUT2D eigenvalue weighted by Gasteiger charge is 2.50. The zero-order valence-corrected chi connectivity index (χ0v) is 18.7. The van der Waals surface area contributed by atoms with E-state index in [9.17, 15) is 9.13 Å². The second-order valence-corrected chi connectivity index (χ2v) is 10.9. The van der Waals surface area contributed by atoms with Crippen molar-refractivity contribution in [3.63, 3.8) is 0 Å². The fourth-order valence-corrected chi connectivity index (χ4v) is 7.52. The van der Waals surface area contributed by atoms with Crippen molar-refractivity contribution in [1.29, 1.82) is 0 Å². The van der Waals surface area contributed by atoms with Gasteiger partial charge in [0.15, 0.2) is 5.40 Å². The molecule has 0 N–H and O–H groups in total. The van der Waals surface area contributed by atoms with E-state index in [1.807, 2.05) is 31.2 Å². The summed E-state index contributed by atoms with van der Waals surface area (Å²) in [4.78, 5) is 0. The van der Waals surface area contributed by atoms with E-state index in [4.69, 9.17) is 18.1 Å². The van der Waals surface area contributed by atoms with Crippen molar-refractivity contribution in [2.75, 3.05) is 26.4 Å². The molecular formula is C21H30O6P2. The number of aryl methyl sites for hydroxylation is 1. The Kier molecular flexibility index (Phi) is 11.4. The summed E-state index contributed by atoms with van der Waals surface area (Å²) in [5.41, 5.74) is 1.85. The second-order valence-electron chi connectivity index (χ2n) is 6.09. The summed E-state index contributed by atoms with van der Waals surface area (Å²) in [5.74, 6) is 0. The van der Waals surface area contributed by atoms with E-state index in [-0.39, 0.29) is 32.8 Å². The number of rotatable bonds is 16. The summed E-state index contributed by atoms with van der Waals surface area (Å²) in [6.07, 6.45) is 5.84. The van der Waals surface area contributed by atoms with Crippen molar-refractivity contribution in [3.8, 4) is 0 Å². The largest absolute Gasteiger partial charge is 0.346 e. The quantitative estimate of drug-likeness (QED) is 0.230. The van der Waals surface area contributed by atoms with Crippen LogP contribution in [0.3, 0.4) is 0 Å². The first-order chi connectivity index (χ1) is 13.8. The van der Waals surface area contributed by atoms with Crippen LogP contribution in [0, 0.1) is 6.92 Å². The van der Waals surface area contributed by atoms with Crippen LogP contribution in [0.15, 0.2) is 74.9 Å². The fourth-order valence-electron chi connectivity index (χ4n) is 2.38. The molecule has 160 valence electrons. The van der Waals surface area contributed by atoms with Gasteiger partial charge in [-0.1, -0.05) is 54.1 Å². The molecule has 0 saturated carbocycles. The normalized spacial score (nSPS) is 11.9. The molecule has 0 aliphatic rings. The van der Waals surface area contributed by atoms with E-state index in [1.165, 1.54) is 24.3 Å². The first-order valence-electron chi connectivity index (χ1n) is 9.12. The average Bonchev–Trinajstić information content (AvgIpc) is 2.73. The van der Waals surface area contributed by atoms with Gasteiger partial charge in [0, 0.05) is 0 Å². The summed E-state index contributed by atoms with van der Waals surface area (Å²) in [7, 11) is -7.93. The molecule has 0 heterocycles. The molecule has 0 amide bonds. The third kappa shape index (κ3) is 8.02. The van der Waals surface area contributed by atoms with E-state index < -0.39 is 20.6 Å². The average molecular weight is 440 g/mol. The first kappa shape index (κ1) is 25.5. The molecule has 1 aromatic carbocycles. The third-order valence-electron chi connectivity index (χ3n) is 3.76. The lowest BCUT2D eigenvalue weighted by atomic mass is 10.1. The zero-order chi connectivity index (χ0) is 21.8. The SMILES string of the molecule is C=CCOP(=O)(OCC=C)C(Cc1ccc(C)cc1)P(=O)(OCC=C)OCC=C. The highest BCUT2D eigenvalue weighted by Crippen LogP contribution is 2.71. The molecule has 0 unspecified atom stereocenters. The molecule has 0 atom stereocenters. The van der Waals surface area contributed by atoms with Gasteiger partial charge in [0.25, 0.3) is 0 Å². The van der Waals surface area contributed by atoms with Crippen LogP contribution in [0.25, 0.3) is 0 Å². The van der Waals surface area contributed by atoms with Gasteiger partial charge in [-0.25, -0.2) is 0 Å². The zero-order valence-electron chi connectivity index (χ0n) is 16.9. The summed E-state index contributed by atoms with van der Waals surface area (Å²) in [6, 6.07) is 7.54. The molecule has 0 aliphatic carbocycles. The summed E-state index contributed by atoms with van der Waals surface area (Å²) < 4.78 is 49.6. The molecule has 0 saturated heterocycles. The minimum atomic E-state index is -3.97.